The molecule has 1 saturated carbocycles. The highest BCUT2D eigenvalue weighted by Crippen LogP contribution is 2.36. The van der Waals surface area contributed by atoms with Crippen molar-refractivity contribution < 1.29 is 4.79 Å². The van der Waals surface area contributed by atoms with Crippen LogP contribution in [0.5, 0.6) is 0 Å². The summed E-state index contributed by atoms with van der Waals surface area (Å²) in [6.07, 6.45) is 3.35. The quantitative estimate of drug-likeness (QED) is 0.670. The van der Waals surface area contributed by atoms with Crippen molar-refractivity contribution in [2.45, 2.75) is 25.3 Å². The first-order valence-electron chi connectivity index (χ1n) is 7.04. The number of halogens is 2. The van der Waals surface area contributed by atoms with Gasteiger partial charge in [-0.3, -0.25) is 4.79 Å². The lowest BCUT2D eigenvalue weighted by Crippen LogP contribution is -2.32. The maximum absolute atomic E-state index is 12.7. The van der Waals surface area contributed by atoms with Crippen LogP contribution in [0, 0.1) is 15.4 Å². The van der Waals surface area contributed by atoms with Gasteiger partial charge in [0.15, 0.2) is 0 Å². The molecule has 1 unspecified atom stereocenters. The van der Waals surface area contributed by atoms with Crippen molar-refractivity contribution in [3.63, 3.8) is 0 Å². The molecule has 0 spiro atoms. The van der Waals surface area contributed by atoms with Crippen LogP contribution in [0.25, 0.3) is 0 Å². The number of nitrogens with zero attached hydrogens (tertiary/aromatic N) is 1. The monoisotopic (exact) mass is 448 g/mol. The molecule has 1 saturated heterocycles. The Balaban J connectivity index is 1.77. The van der Waals surface area contributed by atoms with E-state index < -0.39 is 0 Å². The lowest BCUT2D eigenvalue weighted by molar-refractivity contribution is 0.0783. The normalized spacial score (nSPS) is 29.4. The largest absolute Gasteiger partial charge is 0.338 e. The van der Waals surface area contributed by atoms with E-state index in [0.717, 1.165) is 39.5 Å². The summed E-state index contributed by atoms with van der Waals surface area (Å²) in [5.41, 5.74) is 6.86. The van der Waals surface area contributed by atoms with Gasteiger partial charge in [-0.25, -0.2) is 0 Å². The third-order valence-corrected chi connectivity index (χ3v) is 5.97. The summed E-state index contributed by atoms with van der Waals surface area (Å²) < 4.78 is 1.97. The van der Waals surface area contributed by atoms with Gasteiger partial charge in [-0.1, -0.05) is 15.9 Å². The molecule has 3 nitrogen and oxygen atoms in total. The van der Waals surface area contributed by atoms with E-state index in [1.165, 1.54) is 6.42 Å². The zero-order valence-electron chi connectivity index (χ0n) is 11.2. The topological polar surface area (TPSA) is 46.3 Å². The van der Waals surface area contributed by atoms with Crippen molar-refractivity contribution in [3.8, 4) is 0 Å². The summed E-state index contributed by atoms with van der Waals surface area (Å²) in [4.78, 5) is 14.7. The molecule has 5 heteroatoms. The van der Waals surface area contributed by atoms with Crippen LogP contribution in [0.2, 0.25) is 0 Å². The van der Waals surface area contributed by atoms with Gasteiger partial charge in [0.1, 0.15) is 0 Å². The van der Waals surface area contributed by atoms with Crippen LogP contribution < -0.4 is 5.73 Å². The molecule has 1 aliphatic carbocycles. The van der Waals surface area contributed by atoms with Crippen LogP contribution in [0.1, 0.15) is 29.6 Å². The molecular formula is C15H18BrIN2O. The Morgan fingerprint density at radius 3 is 2.85 bits per heavy atom. The van der Waals surface area contributed by atoms with Gasteiger partial charge in [-0.05, 0) is 71.9 Å². The second-order valence-electron chi connectivity index (χ2n) is 5.93. The first-order chi connectivity index (χ1) is 9.54. The van der Waals surface area contributed by atoms with Crippen LogP contribution in [-0.4, -0.2) is 29.9 Å². The average molecular weight is 449 g/mol. The predicted octanol–water partition coefficient (Wildman–Crippen LogP) is 3.25. The Morgan fingerprint density at radius 1 is 1.30 bits per heavy atom. The minimum absolute atomic E-state index is 0.165. The van der Waals surface area contributed by atoms with Gasteiger partial charge in [0.05, 0.1) is 5.56 Å². The maximum atomic E-state index is 12.7. The lowest BCUT2D eigenvalue weighted by Gasteiger charge is -2.27. The molecule has 2 N–H and O–H groups in total. The zero-order chi connectivity index (χ0) is 14.3. The van der Waals surface area contributed by atoms with Crippen LogP contribution in [0.4, 0.5) is 0 Å². The SMILES string of the molecule is NC1CC[C@@H]2CN(C(=O)c3cc(Br)ccc3I)C[C@@H]2C1. The van der Waals surface area contributed by atoms with Crippen molar-refractivity contribution in [2.24, 2.45) is 17.6 Å². The Morgan fingerprint density at radius 2 is 2.05 bits per heavy atom. The fraction of sp³-hybridized carbons (Fsp3) is 0.533. The minimum atomic E-state index is 0.165. The third kappa shape index (κ3) is 2.90. The Hall–Kier alpha value is -0.140. The van der Waals surface area contributed by atoms with E-state index in [1.54, 1.807) is 0 Å². The van der Waals surface area contributed by atoms with Gasteiger partial charge in [-0.15, -0.1) is 0 Å². The molecule has 2 aliphatic rings. The van der Waals surface area contributed by atoms with Crippen molar-refractivity contribution in [2.75, 3.05) is 13.1 Å². The van der Waals surface area contributed by atoms with E-state index in [0.29, 0.717) is 17.9 Å². The van der Waals surface area contributed by atoms with Crippen LogP contribution >= 0.6 is 38.5 Å². The number of nitrogens with two attached hydrogens (primary N) is 1. The fourth-order valence-electron chi connectivity index (χ4n) is 3.47. The van der Waals surface area contributed by atoms with Crippen LogP contribution in [0.3, 0.4) is 0 Å². The smallest absolute Gasteiger partial charge is 0.254 e. The molecular weight excluding hydrogens is 431 g/mol. The van der Waals surface area contributed by atoms with Crippen molar-refractivity contribution in [1.29, 1.82) is 0 Å². The van der Waals surface area contributed by atoms with E-state index in [4.69, 9.17) is 5.73 Å². The molecule has 0 radical (unpaired) electrons. The van der Waals surface area contributed by atoms with Crippen molar-refractivity contribution >= 4 is 44.4 Å². The molecule has 2 fully saturated rings. The standard InChI is InChI=1S/C15H18BrIN2O/c16-11-2-4-14(17)13(6-11)15(20)19-7-9-1-3-12(18)5-10(9)8-19/h2,4,6,9-10,12H,1,3,5,7-8,18H2/t9-,10+,12?/m1/s1. The first-order valence-corrected chi connectivity index (χ1v) is 8.91. The molecule has 1 aromatic carbocycles. The molecule has 1 amide bonds. The summed E-state index contributed by atoms with van der Waals surface area (Å²) >= 11 is 5.69. The highest BCUT2D eigenvalue weighted by molar-refractivity contribution is 14.1. The van der Waals surface area contributed by atoms with E-state index in [1.807, 2.05) is 23.1 Å². The van der Waals surface area contributed by atoms with E-state index in [9.17, 15) is 4.79 Å². The van der Waals surface area contributed by atoms with Gasteiger partial charge in [0, 0.05) is 27.2 Å². The van der Waals surface area contributed by atoms with E-state index in [-0.39, 0.29) is 5.91 Å². The number of carbonyl (C=O) groups is 1. The zero-order valence-corrected chi connectivity index (χ0v) is 14.9. The summed E-state index contributed by atoms with van der Waals surface area (Å²) in [5, 5.41) is 0. The van der Waals surface area contributed by atoms with Gasteiger partial charge >= 0.3 is 0 Å². The molecule has 0 bridgehead atoms. The number of benzene rings is 1. The number of likely N-dealkylation sites (tertiary alicyclic amines) is 1. The molecule has 1 heterocycles. The maximum Gasteiger partial charge on any atom is 0.254 e. The molecule has 0 aromatic heterocycles. The summed E-state index contributed by atoms with van der Waals surface area (Å²) in [6.45, 7) is 1.78. The predicted molar refractivity (Wildman–Crippen MR) is 91.6 cm³/mol. The number of fused-ring (bicyclic) bond motifs is 1. The molecule has 20 heavy (non-hydrogen) atoms. The van der Waals surface area contributed by atoms with Gasteiger partial charge < -0.3 is 10.6 Å². The fourth-order valence-corrected chi connectivity index (χ4v) is 4.39. The number of rotatable bonds is 1. The summed E-state index contributed by atoms with van der Waals surface area (Å²) in [5.74, 6) is 1.43. The number of amides is 1. The number of hydrogen-bond donors (Lipinski definition) is 1. The van der Waals surface area contributed by atoms with Crippen LogP contribution in [-0.2, 0) is 0 Å². The summed E-state index contributed by atoms with van der Waals surface area (Å²) in [7, 11) is 0. The van der Waals surface area contributed by atoms with Gasteiger partial charge in [0.2, 0.25) is 0 Å². The van der Waals surface area contributed by atoms with Crippen LogP contribution in [0.15, 0.2) is 22.7 Å². The van der Waals surface area contributed by atoms with E-state index in [2.05, 4.69) is 38.5 Å². The average Bonchev–Trinajstić information content (AvgIpc) is 2.83. The first kappa shape index (κ1) is 14.8. The highest BCUT2D eigenvalue weighted by Gasteiger charge is 2.38. The van der Waals surface area contributed by atoms with Crippen molar-refractivity contribution in [3.05, 3.63) is 31.8 Å². The summed E-state index contributed by atoms with van der Waals surface area (Å²) in [6, 6.07) is 6.22. The van der Waals surface area contributed by atoms with E-state index >= 15 is 0 Å². The van der Waals surface area contributed by atoms with Crippen molar-refractivity contribution in [1.82, 2.24) is 4.90 Å². The van der Waals surface area contributed by atoms with Gasteiger partial charge in [0.25, 0.3) is 5.91 Å². The Labute approximate surface area is 141 Å². The number of hydrogen-bond acceptors (Lipinski definition) is 2. The number of carbonyl (C=O) groups excluding carboxylic acids is 1. The molecule has 1 aliphatic heterocycles. The third-order valence-electron chi connectivity index (χ3n) is 4.54. The molecule has 1 aromatic rings. The minimum Gasteiger partial charge on any atom is -0.338 e. The Bertz CT molecular complexity index is 537. The molecule has 3 atom stereocenters. The Kier molecular flexibility index (Phi) is 4.38. The van der Waals surface area contributed by atoms with Gasteiger partial charge in [-0.2, -0.15) is 0 Å². The molecule has 108 valence electrons. The molecule has 3 rings (SSSR count). The second kappa shape index (κ2) is 5.93. The highest BCUT2D eigenvalue weighted by atomic mass is 127. The second-order valence-corrected chi connectivity index (χ2v) is 8.01. The lowest BCUT2D eigenvalue weighted by atomic mass is 9.79.